The van der Waals surface area contributed by atoms with Gasteiger partial charge in [0.1, 0.15) is 5.82 Å². The van der Waals surface area contributed by atoms with E-state index in [9.17, 15) is 4.79 Å². The number of halogens is 1. The molecule has 3 N–H and O–H groups in total. The molecule has 0 unspecified atom stereocenters. The van der Waals surface area contributed by atoms with E-state index in [4.69, 9.17) is 17.3 Å². The van der Waals surface area contributed by atoms with E-state index in [0.29, 0.717) is 22.9 Å². The third-order valence-corrected chi connectivity index (χ3v) is 6.08. The quantitative estimate of drug-likeness (QED) is 0.283. The molecule has 5 nitrogen and oxygen atoms in total. The van der Waals surface area contributed by atoms with E-state index in [1.54, 1.807) is 18.2 Å². The van der Waals surface area contributed by atoms with Gasteiger partial charge in [0.25, 0.3) is 5.91 Å². The molecule has 0 atom stereocenters. The van der Waals surface area contributed by atoms with E-state index >= 15 is 0 Å². The monoisotopic (exact) mass is 478 g/mol. The predicted octanol–water partition coefficient (Wildman–Crippen LogP) is 6.75. The van der Waals surface area contributed by atoms with Gasteiger partial charge < -0.3 is 15.6 Å². The highest BCUT2D eigenvalue weighted by atomic mass is 35.5. The molecule has 0 fully saturated rings. The second-order valence-electron chi connectivity index (χ2n) is 8.12. The summed E-state index contributed by atoms with van der Waals surface area (Å²) < 4.78 is 2.18. The van der Waals surface area contributed by atoms with Gasteiger partial charge in [-0.1, -0.05) is 66.2 Å². The molecular weight excluding hydrogens is 456 g/mol. The van der Waals surface area contributed by atoms with E-state index in [-0.39, 0.29) is 5.91 Å². The van der Waals surface area contributed by atoms with Crippen molar-refractivity contribution in [3.8, 4) is 22.5 Å². The third kappa shape index (κ3) is 4.95. The Kier molecular flexibility index (Phi) is 6.33. The molecule has 5 aromatic rings. The SMILES string of the molecule is Nc1cccc(Cn2c(-c3ccc(NC(=O)c4ccccc4)cc3)ccc2-c2ccccc2Cl)n1. The first-order chi connectivity index (χ1) is 17.1. The molecule has 2 heterocycles. The number of anilines is 2. The van der Waals surface area contributed by atoms with Crippen LogP contribution < -0.4 is 11.1 Å². The number of benzene rings is 3. The van der Waals surface area contributed by atoms with Crippen molar-refractivity contribution >= 4 is 29.0 Å². The summed E-state index contributed by atoms with van der Waals surface area (Å²) in [6.07, 6.45) is 0. The highest BCUT2D eigenvalue weighted by Gasteiger charge is 2.15. The number of nitrogens with one attached hydrogen (secondary N) is 1. The molecule has 35 heavy (non-hydrogen) atoms. The fourth-order valence-electron chi connectivity index (χ4n) is 4.06. The second kappa shape index (κ2) is 9.87. The maximum Gasteiger partial charge on any atom is 0.255 e. The molecule has 3 aromatic carbocycles. The fourth-order valence-corrected chi connectivity index (χ4v) is 4.29. The zero-order valence-electron chi connectivity index (χ0n) is 18.9. The fraction of sp³-hybridized carbons (Fsp3) is 0.0345. The van der Waals surface area contributed by atoms with Gasteiger partial charge in [-0.3, -0.25) is 4.79 Å². The number of hydrogen-bond donors (Lipinski definition) is 2. The lowest BCUT2D eigenvalue weighted by Crippen LogP contribution is -2.11. The summed E-state index contributed by atoms with van der Waals surface area (Å²) >= 11 is 6.54. The van der Waals surface area contributed by atoms with Gasteiger partial charge in [-0.15, -0.1) is 0 Å². The number of pyridine rings is 1. The van der Waals surface area contributed by atoms with E-state index in [1.165, 1.54) is 0 Å². The average molecular weight is 479 g/mol. The molecule has 0 aliphatic carbocycles. The molecule has 0 aliphatic rings. The first kappa shape index (κ1) is 22.4. The first-order valence-electron chi connectivity index (χ1n) is 11.2. The Balaban J connectivity index is 1.49. The number of nitrogens with zero attached hydrogens (tertiary/aromatic N) is 2. The summed E-state index contributed by atoms with van der Waals surface area (Å²) in [5.41, 5.74) is 12.1. The van der Waals surface area contributed by atoms with E-state index in [2.05, 4.69) is 27.0 Å². The van der Waals surface area contributed by atoms with Crippen LogP contribution >= 0.6 is 11.6 Å². The van der Waals surface area contributed by atoms with Crippen molar-refractivity contribution in [1.82, 2.24) is 9.55 Å². The Hall–Kier alpha value is -4.35. The van der Waals surface area contributed by atoms with Crippen molar-refractivity contribution in [2.24, 2.45) is 0 Å². The van der Waals surface area contributed by atoms with Crippen LogP contribution in [0.4, 0.5) is 11.5 Å². The van der Waals surface area contributed by atoms with Gasteiger partial charge in [-0.05, 0) is 60.2 Å². The van der Waals surface area contributed by atoms with Crippen LogP contribution in [-0.2, 0) is 6.54 Å². The Bertz CT molecular complexity index is 1480. The maximum absolute atomic E-state index is 12.5. The molecule has 172 valence electrons. The van der Waals surface area contributed by atoms with Gasteiger partial charge in [0.15, 0.2) is 0 Å². The minimum atomic E-state index is -0.143. The standard InChI is InChI=1S/C29H23ClN4O/c30-25-11-5-4-10-24(25)27-18-17-26(34(27)19-23-9-6-12-28(31)32-23)20-13-15-22(16-14-20)33-29(35)21-7-2-1-3-8-21/h1-18H,19H2,(H2,31,32)(H,33,35). The van der Waals surface area contributed by atoms with Gasteiger partial charge in [-0.2, -0.15) is 0 Å². The van der Waals surface area contributed by atoms with Crippen LogP contribution in [0.3, 0.4) is 0 Å². The molecule has 5 rings (SSSR count). The van der Waals surface area contributed by atoms with Gasteiger partial charge in [-0.25, -0.2) is 4.98 Å². The number of nitrogens with two attached hydrogens (primary N) is 1. The number of aromatic nitrogens is 2. The number of carbonyl (C=O) groups is 1. The maximum atomic E-state index is 12.5. The van der Waals surface area contributed by atoms with E-state index < -0.39 is 0 Å². The van der Waals surface area contributed by atoms with Crippen molar-refractivity contribution < 1.29 is 4.79 Å². The lowest BCUT2D eigenvalue weighted by atomic mass is 10.1. The van der Waals surface area contributed by atoms with Gasteiger partial charge >= 0.3 is 0 Å². The van der Waals surface area contributed by atoms with Crippen molar-refractivity contribution in [2.45, 2.75) is 6.54 Å². The number of hydrogen-bond acceptors (Lipinski definition) is 3. The zero-order valence-corrected chi connectivity index (χ0v) is 19.6. The molecule has 6 heteroatoms. The lowest BCUT2D eigenvalue weighted by Gasteiger charge is -2.15. The molecule has 0 radical (unpaired) electrons. The van der Waals surface area contributed by atoms with Crippen molar-refractivity contribution in [2.75, 3.05) is 11.1 Å². The van der Waals surface area contributed by atoms with Crippen molar-refractivity contribution in [3.05, 3.63) is 125 Å². The van der Waals surface area contributed by atoms with E-state index in [0.717, 1.165) is 33.9 Å². The van der Waals surface area contributed by atoms with Gasteiger partial charge in [0.2, 0.25) is 0 Å². The average Bonchev–Trinajstić information content (AvgIpc) is 3.28. The number of nitrogen functional groups attached to an aromatic ring is 1. The lowest BCUT2D eigenvalue weighted by molar-refractivity contribution is 0.102. The molecule has 1 amide bonds. The summed E-state index contributed by atoms with van der Waals surface area (Å²) in [7, 11) is 0. The molecule has 0 saturated heterocycles. The van der Waals surface area contributed by atoms with Crippen LogP contribution in [0.1, 0.15) is 16.1 Å². The molecule has 0 spiro atoms. The highest BCUT2D eigenvalue weighted by Crippen LogP contribution is 2.34. The second-order valence-corrected chi connectivity index (χ2v) is 8.53. The Morgan fingerprint density at radius 1 is 0.800 bits per heavy atom. The van der Waals surface area contributed by atoms with Crippen LogP contribution in [0.5, 0.6) is 0 Å². The van der Waals surface area contributed by atoms with Crippen LogP contribution in [0.2, 0.25) is 5.02 Å². The Morgan fingerprint density at radius 2 is 1.51 bits per heavy atom. The summed E-state index contributed by atoms with van der Waals surface area (Å²) in [6, 6.07) is 34.5. The Morgan fingerprint density at radius 3 is 2.26 bits per heavy atom. The van der Waals surface area contributed by atoms with Gasteiger partial charge in [0, 0.05) is 27.5 Å². The minimum absolute atomic E-state index is 0.143. The van der Waals surface area contributed by atoms with Crippen LogP contribution in [-0.4, -0.2) is 15.5 Å². The first-order valence-corrected chi connectivity index (χ1v) is 11.6. The normalized spacial score (nSPS) is 10.8. The Labute approximate surface area is 208 Å². The van der Waals surface area contributed by atoms with Crippen LogP contribution in [0.25, 0.3) is 22.5 Å². The minimum Gasteiger partial charge on any atom is -0.384 e. The topological polar surface area (TPSA) is 72.9 Å². The molecule has 0 saturated carbocycles. The largest absolute Gasteiger partial charge is 0.384 e. The third-order valence-electron chi connectivity index (χ3n) is 5.75. The summed E-state index contributed by atoms with van der Waals surface area (Å²) in [5, 5.41) is 3.63. The number of amides is 1. The number of rotatable bonds is 6. The zero-order chi connectivity index (χ0) is 24.2. The van der Waals surface area contributed by atoms with Crippen LogP contribution in [0.15, 0.2) is 109 Å². The summed E-state index contributed by atoms with van der Waals surface area (Å²) in [4.78, 5) is 17.0. The molecule has 2 aromatic heterocycles. The summed E-state index contributed by atoms with van der Waals surface area (Å²) in [5.74, 6) is 0.337. The van der Waals surface area contributed by atoms with Gasteiger partial charge in [0.05, 0.1) is 17.9 Å². The van der Waals surface area contributed by atoms with E-state index in [1.807, 2.05) is 78.9 Å². The smallest absolute Gasteiger partial charge is 0.255 e. The predicted molar refractivity (Wildman–Crippen MR) is 142 cm³/mol. The molecule has 0 bridgehead atoms. The highest BCUT2D eigenvalue weighted by molar-refractivity contribution is 6.33. The van der Waals surface area contributed by atoms with Crippen molar-refractivity contribution in [3.63, 3.8) is 0 Å². The molecular formula is C29H23ClN4O. The summed E-state index contributed by atoms with van der Waals surface area (Å²) in [6.45, 7) is 0.528. The number of carbonyl (C=O) groups excluding carboxylic acids is 1. The van der Waals surface area contributed by atoms with Crippen molar-refractivity contribution in [1.29, 1.82) is 0 Å². The van der Waals surface area contributed by atoms with Crippen LogP contribution in [0, 0.1) is 0 Å². The molecule has 0 aliphatic heterocycles.